The van der Waals surface area contributed by atoms with E-state index in [1.54, 1.807) is 6.20 Å². The summed E-state index contributed by atoms with van der Waals surface area (Å²) in [7, 11) is 3.75. The summed E-state index contributed by atoms with van der Waals surface area (Å²) in [4.78, 5) is 6.23. The van der Waals surface area contributed by atoms with Crippen molar-refractivity contribution in [3.05, 3.63) is 47.8 Å². The van der Waals surface area contributed by atoms with E-state index in [4.69, 9.17) is 4.74 Å². The third kappa shape index (κ3) is 2.34. The summed E-state index contributed by atoms with van der Waals surface area (Å²) in [5, 5.41) is 21.8. The van der Waals surface area contributed by atoms with E-state index < -0.39 is 29.1 Å². The van der Waals surface area contributed by atoms with Gasteiger partial charge in [-0.15, -0.1) is 0 Å². The molecule has 0 radical (unpaired) electrons. The van der Waals surface area contributed by atoms with Gasteiger partial charge in [0.25, 0.3) is 0 Å². The van der Waals surface area contributed by atoms with Gasteiger partial charge in [0.15, 0.2) is 5.67 Å². The smallest absolute Gasteiger partial charge is 0.171 e. The van der Waals surface area contributed by atoms with Crippen LogP contribution in [0.25, 0.3) is 5.57 Å². The molecule has 2 bridgehead atoms. The number of aliphatic hydroxyl groups is 2. The summed E-state index contributed by atoms with van der Waals surface area (Å²) in [6.45, 7) is 2.32. The first-order valence-electron chi connectivity index (χ1n) is 11.9. The number of halogens is 1. The summed E-state index contributed by atoms with van der Waals surface area (Å²) < 4.78 is 23.7. The Labute approximate surface area is 189 Å². The van der Waals surface area contributed by atoms with Gasteiger partial charge in [0.1, 0.15) is 11.7 Å². The lowest BCUT2D eigenvalue weighted by Crippen LogP contribution is -2.73. The molecule has 6 rings (SSSR count). The van der Waals surface area contributed by atoms with Crippen LogP contribution in [0.15, 0.2) is 42.3 Å². The topological polar surface area (TPSA) is 65.8 Å². The first-order valence-corrected chi connectivity index (χ1v) is 11.9. The van der Waals surface area contributed by atoms with Gasteiger partial charge in [0.05, 0.1) is 11.7 Å². The second-order valence-corrected chi connectivity index (χ2v) is 11.2. The minimum absolute atomic E-state index is 0.0951. The Morgan fingerprint density at radius 3 is 2.75 bits per heavy atom. The Morgan fingerprint density at radius 1 is 1.22 bits per heavy atom. The van der Waals surface area contributed by atoms with E-state index in [2.05, 4.69) is 30.1 Å². The van der Waals surface area contributed by atoms with Gasteiger partial charge in [-0.05, 0) is 69.0 Å². The van der Waals surface area contributed by atoms with Gasteiger partial charge in [0.2, 0.25) is 0 Å². The van der Waals surface area contributed by atoms with E-state index in [1.807, 2.05) is 31.3 Å². The molecule has 2 saturated heterocycles. The molecular weight excluding hydrogens is 407 g/mol. The van der Waals surface area contributed by atoms with Gasteiger partial charge in [-0.25, -0.2) is 4.39 Å². The third-order valence-corrected chi connectivity index (χ3v) is 9.67. The van der Waals surface area contributed by atoms with Crippen molar-refractivity contribution >= 4 is 5.57 Å². The average molecular weight is 441 g/mol. The van der Waals surface area contributed by atoms with E-state index in [-0.39, 0.29) is 23.8 Å². The number of aromatic nitrogens is 1. The van der Waals surface area contributed by atoms with Crippen molar-refractivity contribution in [2.75, 3.05) is 14.1 Å². The Kier molecular flexibility index (Phi) is 4.26. The summed E-state index contributed by atoms with van der Waals surface area (Å²) in [6, 6.07) is 3.76. The molecule has 1 aromatic rings. The van der Waals surface area contributed by atoms with Crippen molar-refractivity contribution in [1.82, 2.24) is 9.88 Å². The minimum Gasteiger partial charge on any atom is -0.389 e. The standard InChI is InChI=1S/C26H33FN2O3/c1-23-9-8-17-13-26(27)22(31)21(30)19(29(2)3)14-24(26)10-11-25(17,32-24)20(23)7-6-18(23)16-5-4-12-28-15-16/h4-6,8,12,15,19-22,30-31H,7,9-11,13-14H2,1-3H3/t19-,20?,21+,22-,23+,24+,25+,26?/m0/s1. The van der Waals surface area contributed by atoms with E-state index >= 15 is 4.39 Å². The number of alkyl halides is 1. The van der Waals surface area contributed by atoms with E-state index in [9.17, 15) is 10.2 Å². The highest BCUT2D eigenvalue weighted by Gasteiger charge is 2.76. The van der Waals surface area contributed by atoms with E-state index in [0.29, 0.717) is 12.8 Å². The Hall–Kier alpha value is -1.60. The van der Waals surface area contributed by atoms with E-state index in [1.165, 1.54) is 5.57 Å². The van der Waals surface area contributed by atoms with Gasteiger partial charge < -0.3 is 19.8 Å². The molecule has 2 unspecified atom stereocenters. The maximum absolute atomic E-state index is 16.7. The van der Waals surface area contributed by atoms with Crippen LogP contribution in [0.2, 0.25) is 0 Å². The molecule has 32 heavy (non-hydrogen) atoms. The largest absolute Gasteiger partial charge is 0.389 e. The van der Waals surface area contributed by atoms with Crippen LogP contribution < -0.4 is 0 Å². The van der Waals surface area contributed by atoms with Crippen LogP contribution in [0.5, 0.6) is 0 Å². The van der Waals surface area contributed by atoms with Crippen LogP contribution in [-0.4, -0.2) is 69.3 Å². The molecule has 1 saturated carbocycles. The van der Waals surface area contributed by atoms with Gasteiger partial charge in [-0.2, -0.15) is 0 Å². The lowest BCUT2D eigenvalue weighted by Gasteiger charge is -2.61. The number of hydrogen-bond acceptors (Lipinski definition) is 5. The number of nitrogens with zero attached hydrogens (tertiary/aromatic N) is 2. The third-order valence-electron chi connectivity index (χ3n) is 9.67. The number of hydrogen-bond donors (Lipinski definition) is 2. The normalized spacial score (nSPS) is 49.2. The van der Waals surface area contributed by atoms with Crippen LogP contribution in [-0.2, 0) is 4.74 Å². The van der Waals surface area contributed by atoms with Crippen molar-refractivity contribution < 1.29 is 19.3 Å². The molecule has 3 aliphatic carbocycles. The maximum Gasteiger partial charge on any atom is 0.171 e. The van der Waals surface area contributed by atoms with Gasteiger partial charge >= 0.3 is 0 Å². The fourth-order valence-electron chi connectivity index (χ4n) is 7.95. The summed E-state index contributed by atoms with van der Waals surface area (Å²) in [5.74, 6) is 0.232. The molecular formula is C26H33FN2O3. The average Bonchev–Trinajstić information content (AvgIpc) is 3.31. The van der Waals surface area contributed by atoms with Crippen LogP contribution in [0.3, 0.4) is 0 Å². The van der Waals surface area contributed by atoms with Crippen molar-refractivity contribution in [3.63, 3.8) is 0 Å². The molecule has 0 aromatic carbocycles. The molecule has 6 heteroatoms. The van der Waals surface area contributed by atoms with Crippen molar-refractivity contribution in [3.8, 4) is 0 Å². The zero-order chi connectivity index (χ0) is 22.5. The summed E-state index contributed by atoms with van der Waals surface area (Å²) in [5.41, 5.74) is -0.162. The van der Waals surface area contributed by atoms with E-state index in [0.717, 1.165) is 30.4 Å². The molecule has 172 valence electrons. The van der Waals surface area contributed by atoms with Gasteiger partial charge in [0, 0.05) is 36.2 Å². The second kappa shape index (κ2) is 6.50. The lowest BCUT2D eigenvalue weighted by molar-refractivity contribution is -0.282. The summed E-state index contributed by atoms with van der Waals surface area (Å²) >= 11 is 0. The monoisotopic (exact) mass is 440 g/mol. The molecule has 0 amide bonds. The number of aliphatic hydroxyl groups excluding tert-OH is 2. The lowest BCUT2D eigenvalue weighted by atomic mass is 9.56. The predicted octanol–water partition coefficient (Wildman–Crippen LogP) is 3.28. The van der Waals surface area contributed by atoms with Crippen molar-refractivity contribution in [2.45, 2.75) is 80.6 Å². The highest BCUT2D eigenvalue weighted by molar-refractivity contribution is 5.73. The van der Waals surface area contributed by atoms with Crippen molar-refractivity contribution in [2.24, 2.45) is 11.3 Å². The van der Waals surface area contributed by atoms with Gasteiger partial charge in [-0.3, -0.25) is 4.98 Å². The first kappa shape index (κ1) is 21.0. The number of likely N-dealkylation sites (N-methyl/N-ethyl adjacent to an activating group) is 1. The minimum atomic E-state index is -1.96. The Bertz CT molecular complexity index is 1010. The first-order chi connectivity index (χ1) is 15.2. The quantitative estimate of drug-likeness (QED) is 0.691. The fraction of sp³-hybridized carbons (Fsp3) is 0.654. The molecule has 2 N–H and O–H groups in total. The summed E-state index contributed by atoms with van der Waals surface area (Å²) in [6.07, 6.45) is 9.27. The van der Waals surface area contributed by atoms with Crippen LogP contribution >= 0.6 is 0 Å². The molecule has 1 aromatic heterocycles. The molecule has 5 aliphatic rings. The fourth-order valence-corrected chi connectivity index (χ4v) is 7.95. The second-order valence-electron chi connectivity index (χ2n) is 11.2. The van der Waals surface area contributed by atoms with Crippen LogP contribution in [0, 0.1) is 11.3 Å². The van der Waals surface area contributed by atoms with Gasteiger partial charge in [-0.1, -0.05) is 25.1 Å². The number of rotatable bonds is 2. The zero-order valence-electron chi connectivity index (χ0n) is 19.1. The molecule has 8 atom stereocenters. The highest BCUT2D eigenvalue weighted by atomic mass is 19.1. The Balaban J connectivity index is 1.43. The van der Waals surface area contributed by atoms with Crippen molar-refractivity contribution in [1.29, 1.82) is 0 Å². The predicted molar refractivity (Wildman–Crippen MR) is 119 cm³/mol. The molecule has 3 heterocycles. The number of pyridine rings is 1. The SMILES string of the molecule is CN(C)[C@H]1C[C@@]23CC[C@@]4(O2)C(=CC[C@]2(C)C(c5cccnc5)=CCC24)CC3(F)[C@@H](O)[C@@H]1O. The zero-order valence-corrected chi connectivity index (χ0v) is 19.1. The molecule has 3 fully saturated rings. The maximum atomic E-state index is 16.7. The number of allylic oxidation sites excluding steroid dienone is 3. The van der Waals surface area contributed by atoms with Crippen LogP contribution in [0.1, 0.15) is 51.0 Å². The molecule has 2 spiro atoms. The highest BCUT2D eigenvalue weighted by Crippen LogP contribution is 2.70. The van der Waals surface area contributed by atoms with Crippen LogP contribution in [0.4, 0.5) is 4.39 Å². The number of ether oxygens (including phenoxy) is 1. The number of fused-ring (bicyclic) bond motifs is 1. The molecule has 2 aliphatic heterocycles. The molecule has 5 nitrogen and oxygen atoms in total. The Morgan fingerprint density at radius 2 is 2.03 bits per heavy atom.